The summed E-state index contributed by atoms with van der Waals surface area (Å²) in [6, 6.07) is 13.4. The molecule has 3 aliphatic heterocycles. The van der Waals surface area contributed by atoms with E-state index in [1.807, 2.05) is 37.3 Å². The van der Waals surface area contributed by atoms with Gasteiger partial charge in [0.25, 0.3) is 11.8 Å². The van der Waals surface area contributed by atoms with Crippen LogP contribution in [0, 0.1) is 0 Å². The first-order chi connectivity index (χ1) is 24.1. The number of likely N-dealkylation sites (tertiary alicyclic amines) is 2. The largest absolute Gasteiger partial charge is 0.378 e. The van der Waals surface area contributed by atoms with Crippen LogP contribution < -0.4 is 15.5 Å². The fourth-order valence-electron chi connectivity index (χ4n) is 6.96. The van der Waals surface area contributed by atoms with Gasteiger partial charge in [0.15, 0.2) is 0 Å². The Kier molecular flexibility index (Phi) is 9.58. The number of benzene rings is 1. The third-order valence-electron chi connectivity index (χ3n) is 9.38. The van der Waals surface area contributed by atoms with Crippen LogP contribution in [0.1, 0.15) is 35.8 Å². The lowest BCUT2D eigenvalue weighted by atomic mass is 9.90. The maximum Gasteiger partial charge on any atom is 0.274 e. The van der Waals surface area contributed by atoms with Crippen molar-refractivity contribution in [3.8, 4) is 11.3 Å². The van der Waals surface area contributed by atoms with Crippen molar-refractivity contribution < 1.29 is 23.1 Å². The molecule has 0 radical (unpaired) electrons. The Balaban J connectivity index is 0.934. The molecule has 4 aromatic rings. The van der Waals surface area contributed by atoms with Gasteiger partial charge in [-0.1, -0.05) is 18.2 Å². The number of morpholine rings is 1. The number of aromatic nitrogens is 4. The van der Waals surface area contributed by atoms with Gasteiger partial charge in [0.2, 0.25) is 5.91 Å². The van der Waals surface area contributed by atoms with Gasteiger partial charge in [-0.2, -0.15) is 0 Å². The summed E-state index contributed by atoms with van der Waals surface area (Å²) in [4.78, 5) is 48.6. The van der Waals surface area contributed by atoms with Gasteiger partial charge in [0.1, 0.15) is 23.5 Å². The molecular formula is C36H41F2N9O3. The van der Waals surface area contributed by atoms with Crippen LogP contribution in [-0.2, 0) is 16.1 Å². The second-order valence-corrected chi connectivity index (χ2v) is 13.6. The summed E-state index contributed by atoms with van der Waals surface area (Å²) in [5.41, 5.74) is 4.10. The summed E-state index contributed by atoms with van der Waals surface area (Å²) < 4.78 is 31.6. The molecule has 3 aliphatic rings. The SMILES string of the molecule is C[C@@]1(NC(=O)/C=C/CN2CC(F)(F)C2)CCCN(Cc2ccnc(C(=O)Nc3ccc(-c4cc5c(N6CCOCC6)ncnc5[nH]4)cc3)c2)C1. The number of hydrogen-bond donors (Lipinski definition) is 3. The van der Waals surface area contributed by atoms with E-state index in [1.54, 1.807) is 29.6 Å². The van der Waals surface area contributed by atoms with E-state index in [9.17, 15) is 18.4 Å². The molecule has 50 heavy (non-hydrogen) atoms. The Morgan fingerprint density at radius 1 is 1.00 bits per heavy atom. The lowest BCUT2D eigenvalue weighted by molar-refractivity contribution is -0.126. The number of hydrogen-bond acceptors (Lipinski definition) is 9. The van der Waals surface area contributed by atoms with Crippen molar-refractivity contribution in [3.63, 3.8) is 0 Å². The molecule has 1 aromatic carbocycles. The monoisotopic (exact) mass is 685 g/mol. The number of fused-ring (bicyclic) bond motifs is 1. The van der Waals surface area contributed by atoms with Crippen LogP contribution in [0.25, 0.3) is 22.3 Å². The zero-order chi connectivity index (χ0) is 34.7. The van der Waals surface area contributed by atoms with E-state index in [0.717, 1.165) is 66.1 Å². The van der Waals surface area contributed by atoms with E-state index in [2.05, 4.69) is 46.4 Å². The highest BCUT2D eigenvalue weighted by Gasteiger charge is 2.43. The average Bonchev–Trinajstić information content (AvgIpc) is 3.53. The molecule has 6 heterocycles. The van der Waals surface area contributed by atoms with Gasteiger partial charge in [0.05, 0.1) is 37.2 Å². The van der Waals surface area contributed by atoms with Crippen LogP contribution in [-0.4, -0.2) is 112 Å². The minimum Gasteiger partial charge on any atom is -0.378 e. The third-order valence-corrected chi connectivity index (χ3v) is 9.38. The molecule has 0 aliphatic carbocycles. The van der Waals surface area contributed by atoms with Crippen molar-refractivity contribution in [3.05, 3.63) is 78.4 Å². The number of piperidine rings is 1. The number of carbonyl (C=O) groups excluding carboxylic acids is 2. The zero-order valence-corrected chi connectivity index (χ0v) is 28.0. The molecule has 3 N–H and O–H groups in total. The Morgan fingerprint density at radius 3 is 2.58 bits per heavy atom. The molecule has 3 saturated heterocycles. The van der Waals surface area contributed by atoms with Crippen LogP contribution in [0.5, 0.6) is 0 Å². The van der Waals surface area contributed by atoms with E-state index in [0.29, 0.717) is 44.2 Å². The third kappa shape index (κ3) is 7.98. The summed E-state index contributed by atoms with van der Waals surface area (Å²) in [5.74, 6) is -2.26. The standard InChI is InChI=1S/C36H41F2N9O3/c1-35(44-31(48)4-2-12-46-22-36(37,38)23-46)10-3-13-45(21-35)20-25-9-11-39-30(18-25)34(49)42-27-7-5-26(6-8-27)29-19-28-32(43-29)40-24-41-33(28)47-14-16-50-17-15-47/h2,4-9,11,18-19,24H,3,10,12-17,20-23H2,1H3,(H,42,49)(H,44,48)(H,40,41,43)/b4-2+/t35-/m1/s1. The molecule has 0 bridgehead atoms. The van der Waals surface area contributed by atoms with Crippen molar-refractivity contribution in [2.45, 2.75) is 37.8 Å². The van der Waals surface area contributed by atoms with Crippen LogP contribution in [0.2, 0.25) is 0 Å². The fraction of sp³-hybridized carbons (Fsp3) is 0.417. The highest BCUT2D eigenvalue weighted by molar-refractivity contribution is 6.03. The van der Waals surface area contributed by atoms with Gasteiger partial charge in [-0.05, 0) is 67.8 Å². The van der Waals surface area contributed by atoms with Crippen LogP contribution in [0.15, 0.2) is 67.1 Å². The number of carbonyl (C=O) groups is 2. The summed E-state index contributed by atoms with van der Waals surface area (Å²) in [6.45, 7) is 6.82. The van der Waals surface area contributed by atoms with Crippen molar-refractivity contribution in [2.75, 3.05) is 69.2 Å². The summed E-state index contributed by atoms with van der Waals surface area (Å²) in [5, 5.41) is 7.02. The summed E-state index contributed by atoms with van der Waals surface area (Å²) in [6.07, 6.45) is 8.01. The molecule has 262 valence electrons. The van der Waals surface area contributed by atoms with Gasteiger partial charge in [-0.15, -0.1) is 0 Å². The van der Waals surface area contributed by atoms with Gasteiger partial charge in [0, 0.05) is 56.4 Å². The molecule has 14 heteroatoms. The predicted molar refractivity (Wildman–Crippen MR) is 186 cm³/mol. The summed E-state index contributed by atoms with van der Waals surface area (Å²) >= 11 is 0. The van der Waals surface area contributed by atoms with Crippen molar-refractivity contribution in [1.29, 1.82) is 0 Å². The Bertz CT molecular complexity index is 1870. The number of rotatable bonds is 10. The average molecular weight is 686 g/mol. The minimum atomic E-state index is -2.62. The zero-order valence-electron chi connectivity index (χ0n) is 28.0. The first kappa shape index (κ1) is 33.7. The number of halogens is 2. The van der Waals surface area contributed by atoms with Gasteiger partial charge in [-0.3, -0.25) is 24.4 Å². The molecular weight excluding hydrogens is 644 g/mol. The maximum absolute atomic E-state index is 13.2. The van der Waals surface area contributed by atoms with Gasteiger partial charge in [-0.25, -0.2) is 18.7 Å². The molecule has 0 spiro atoms. The number of aromatic amines is 1. The molecule has 1 atom stereocenters. The fourth-order valence-corrected chi connectivity index (χ4v) is 6.96. The Labute approximate surface area is 288 Å². The first-order valence-corrected chi connectivity index (χ1v) is 17.0. The van der Waals surface area contributed by atoms with Crippen LogP contribution in [0.4, 0.5) is 20.3 Å². The number of H-pyrrole nitrogens is 1. The second-order valence-electron chi connectivity index (χ2n) is 13.6. The highest BCUT2D eigenvalue weighted by atomic mass is 19.3. The topological polar surface area (TPSA) is 132 Å². The number of pyridine rings is 1. The van der Waals surface area contributed by atoms with E-state index in [4.69, 9.17) is 4.74 Å². The number of nitrogens with one attached hydrogen (secondary N) is 3. The lowest BCUT2D eigenvalue weighted by Crippen LogP contribution is -2.56. The van der Waals surface area contributed by atoms with Gasteiger partial charge >= 0.3 is 0 Å². The lowest BCUT2D eigenvalue weighted by Gasteiger charge is -2.41. The first-order valence-electron chi connectivity index (χ1n) is 17.0. The predicted octanol–water partition coefficient (Wildman–Crippen LogP) is 4.09. The Morgan fingerprint density at radius 2 is 1.80 bits per heavy atom. The quantitative estimate of drug-likeness (QED) is 0.211. The smallest absolute Gasteiger partial charge is 0.274 e. The van der Waals surface area contributed by atoms with E-state index in [-0.39, 0.29) is 24.9 Å². The molecule has 3 aromatic heterocycles. The Hall–Kier alpha value is -4.79. The van der Waals surface area contributed by atoms with Crippen molar-refractivity contribution in [1.82, 2.24) is 35.1 Å². The molecule has 2 amide bonds. The number of ether oxygens (including phenoxy) is 1. The van der Waals surface area contributed by atoms with E-state index in [1.165, 1.54) is 6.08 Å². The molecule has 0 saturated carbocycles. The van der Waals surface area contributed by atoms with Crippen molar-refractivity contribution >= 4 is 34.4 Å². The minimum absolute atomic E-state index is 0.230. The van der Waals surface area contributed by atoms with Crippen LogP contribution >= 0.6 is 0 Å². The number of amides is 2. The molecule has 12 nitrogen and oxygen atoms in total. The normalized spacial score (nSPS) is 21.3. The number of alkyl halides is 2. The molecule has 0 unspecified atom stereocenters. The summed E-state index contributed by atoms with van der Waals surface area (Å²) in [7, 11) is 0. The highest BCUT2D eigenvalue weighted by Crippen LogP contribution is 2.30. The van der Waals surface area contributed by atoms with Crippen molar-refractivity contribution in [2.24, 2.45) is 0 Å². The maximum atomic E-state index is 13.2. The number of anilines is 2. The number of nitrogens with zero attached hydrogens (tertiary/aromatic N) is 6. The van der Waals surface area contributed by atoms with E-state index < -0.39 is 11.5 Å². The molecule has 3 fully saturated rings. The van der Waals surface area contributed by atoms with Gasteiger partial charge < -0.3 is 25.3 Å². The van der Waals surface area contributed by atoms with Crippen LogP contribution in [0.3, 0.4) is 0 Å². The second kappa shape index (κ2) is 14.2. The van der Waals surface area contributed by atoms with E-state index >= 15 is 0 Å². The molecule has 7 rings (SSSR count).